The molecule has 1 saturated carbocycles. The van der Waals surface area contributed by atoms with Gasteiger partial charge in [-0.2, -0.15) is 0 Å². The number of piperazine rings is 1. The number of nitrogens with zero attached hydrogens (tertiary/aromatic N) is 3. The summed E-state index contributed by atoms with van der Waals surface area (Å²) in [4.78, 5) is 55.6. The maximum absolute atomic E-state index is 15.8. The van der Waals surface area contributed by atoms with Gasteiger partial charge in [-0.05, 0) is 80.8 Å². The van der Waals surface area contributed by atoms with Crippen LogP contribution in [0.3, 0.4) is 0 Å². The molecule has 1 unspecified atom stereocenters. The highest BCUT2D eigenvalue weighted by molar-refractivity contribution is 6.30. The van der Waals surface area contributed by atoms with E-state index >= 15 is 4.39 Å². The molecule has 2 aliphatic rings. The fourth-order valence-corrected chi connectivity index (χ4v) is 7.46. The van der Waals surface area contributed by atoms with Gasteiger partial charge in [0, 0.05) is 66.0 Å². The smallest absolute Gasteiger partial charge is 0.343 e. The van der Waals surface area contributed by atoms with Gasteiger partial charge in [0.2, 0.25) is 5.43 Å². The molecule has 3 heterocycles. The van der Waals surface area contributed by atoms with Gasteiger partial charge in [0.1, 0.15) is 17.0 Å². The Hall–Kier alpha value is -5.40. The van der Waals surface area contributed by atoms with Gasteiger partial charge < -0.3 is 33.7 Å². The number of esters is 2. The molecule has 0 amide bonds. The molecule has 55 heavy (non-hydrogen) atoms. The van der Waals surface area contributed by atoms with Gasteiger partial charge in [0.05, 0.1) is 50.3 Å². The topological polar surface area (TPSA) is 130 Å². The zero-order valence-corrected chi connectivity index (χ0v) is 31.8. The first kappa shape index (κ1) is 37.9. The predicted octanol–water partition coefficient (Wildman–Crippen LogP) is 6.23. The summed E-state index contributed by atoms with van der Waals surface area (Å²) in [5.74, 6) is -1.44. The van der Waals surface area contributed by atoms with E-state index in [0.717, 1.165) is 12.8 Å². The lowest BCUT2D eigenvalue weighted by Crippen LogP contribution is -2.49. The summed E-state index contributed by atoms with van der Waals surface area (Å²) in [5.41, 5.74) is 2.12. The van der Waals surface area contributed by atoms with Gasteiger partial charge in [-0.3, -0.25) is 19.0 Å². The van der Waals surface area contributed by atoms with Crippen molar-refractivity contribution >= 4 is 56.9 Å². The molecule has 14 heteroatoms. The number of halogens is 2. The fourth-order valence-electron chi connectivity index (χ4n) is 7.33. The van der Waals surface area contributed by atoms with Crippen LogP contribution in [0.1, 0.15) is 64.2 Å². The Bertz CT molecular complexity index is 2370. The van der Waals surface area contributed by atoms with Crippen LogP contribution >= 0.6 is 11.6 Å². The largest absolute Gasteiger partial charge is 0.497 e. The molecule has 1 saturated heterocycles. The number of nitrogens with one attached hydrogen (secondary N) is 1. The maximum atomic E-state index is 15.8. The Morgan fingerprint density at radius 3 is 2.42 bits per heavy atom. The number of ether oxygens (including phenoxy) is 4. The molecule has 1 aliphatic carbocycles. The van der Waals surface area contributed by atoms with Crippen LogP contribution in [0.4, 0.5) is 10.1 Å². The summed E-state index contributed by atoms with van der Waals surface area (Å²) < 4.78 is 41.4. The second-order valence-electron chi connectivity index (χ2n) is 13.9. The number of rotatable bonds is 12. The zero-order valence-electron chi connectivity index (χ0n) is 31.1. The highest BCUT2D eigenvalue weighted by Gasteiger charge is 2.32. The van der Waals surface area contributed by atoms with Crippen molar-refractivity contribution in [2.45, 2.75) is 51.6 Å². The minimum absolute atomic E-state index is 0.0255. The van der Waals surface area contributed by atoms with Crippen molar-refractivity contribution in [1.29, 1.82) is 0 Å². The van der Waals surface area contributed by atoms with Crippen LogP contribution in [0.15, 0.2) is 59.5 Å². The number of hydrogen-bond donors (Lipinski definition) is 1. The average Bonchev–Trinajstić information content (AvgIpc) is 3.99. The lowest BCUT2D eigenvalue weighted by molar-refractivity contribution is -0.143. The van der Waals surface area contributed by atoms with Crippen LogP contribution in [0.2, 0.25) is 5.02 Å². The van der Waals surface area contributed by atoms with E-state index in [1.807, 2.05) is 16.4 Å². The number of benzene rings is 3. The third-order valence-electron chi connectivity index (χ3n) is 10.2. The SMILES string of the molecule is COc1ccc2c(c1)c(CC(=O)OCCCOC(=O)c1cn(C3CC3)c3c(OC)c(N4CCNC(C)C4)c(F)cc3c1=O)c(C)n2C(=O)c1ccc(Cl)cc1. The number of carbonyl (C=O) groups excluding carboxylic acids is 3. The van der Waals surface area contributed by atoms with E-state index in [-0.39, 0.29) is 60.7 Å². The number of fused-ring (bicyclic) bond motifs is 2. The van der Waals surface area contributed by atoms with Crippen molar-refractivity contribution in [1.82, 2.24) is 14.5 Å². The number of pyridine rings is 1. The molecule has 7 rings (SSSR count). The second-order valence-corrected chi connectivity index (χ2v) is 14.4. The van der Waals surface area contributed by atoms with E-state index < -0.39 is 23.2 Å². The first-order chi connectivity index (χ1) is 26.5. The molecule has 2 aromatic heterocycles. The Balaban J connectivity index is 1.03. The highest BCUT2D eigenvalue weighted by atomic mass is 35.5. The van der Waals surface area contributed by atoms with Gasteiger partial charge >= 0.3 is 11.9 Å². The quantitative estimate of drug-likeness (QED) is 0.115. The molecule has 2 fully saturated rings. The van der Waals surface area contributed by atoms with Crippen LogP contribution < -0.4 is 25.1 Å². The molecule has 288 valence electrons. The predicted molar refractivity (Wildman–Crippen MR) is 207 cm³/mol. The minimum Gasteiger partial charge on any atom is -0.497 e. The standard InChI is InChI=1S/C41H42ClFN4O8/c1-23-21-45(15-14-44-23)37-33(43)19-31-36(39(37)53-4)46(27-10-11-27)22-32(38(31)49)41(51)55-17-5-16-54-35(48)20-29-24(2)47(34-13-12-28(52-3)18-30(29)34)40(50)25-6-8-26(42)9-7-25/h6-9,12-13,18-19,22-23,27,44H,5,10-11,14-17,20-21H2,1-4H3. The maximum Gasteiger partial charge on any atom is 0.343 e. The van der Waals surface area contributed by atoms with Crippen molar-refractivity contribution in [3.63, 3.8) is 0 Å². The van der Waals surface area contributed by atoms with Crippen molar-refractivity contribution in [2.24, 2.45) is 0 Å². The van der Waals surface area contributed by atoms with Gasteiger partial charge in [0.15, 0.2) is 11.6 Å². The summed E-state index contributed by atoms with van der Waals surface area (Å²) >= 11 is 6.03. The van der Waals surface area contributed by atoms with Crippen LogP contribution in [0.5, 0.6) is 11.5 Å². The molecule has 1 aliphatic heterocycles. The normalized spacial score (nSPS) is 15.7. The van der Waals surface area contributed by atoms with E-state index in [9.17, 15) is 19.2 Å². The monoisotopic (exact) mass is 772 g/mol. The van der Waals surface area contributed by atoms with Crippen molar-refractivity contribution in [3.8, 4) is 11.5 Å². The van der Waals surface area contributed by atoms with Crippen LogP contribution in [0, 0.1) is 12.7 Å². The van der Waals surface area contributed by atoms with E-state index in [4.69, 9.17) is 30.5 Å². The Morgan fingerprint density at radius 1 is 0.982 bits per heavy atom. The van der Waals surface area contributed by atoms with Gasteiger partial charge in [-0.1, -0.05) is 11.6 Å². The minimum atomic E-state index is -0.852. The second kappa shape index (κ2) is 15.8. The molecular formula is C41H42ClFN4O8. The van der Waals surface area contributed by atoms with Gasteiger partial charge in [0.25, 0.3) is 5.91 Å². The van der Waals surface area contributed by atoms with Crippen molar-refractivity contribution in [3.05, 3.63) is 98.2 Å². The molecule has 0 spiro atoms. The highest BCUT2D eigenvalue weighted by Crippen LogP contribution is 2.44. The van der Waals surface area contributed by atoms with Crippen LogP contribution in [-0.4, -0.2) is 80.1 Å². The summed E-state index contributed by atoms with van der Waals surface area (Å²) in [5, 5.41) is 4.57. The third-order valence-corrected chi connectivity index (χ3v) is 10.4. The molecule has 0 bridgehead atoms. The van der Waals surface area contributed by atoms with E-state index in [2.05, 4.69) is 5.32 Å². The summed E-state index contributed by atoms with van der Waals surface area (Å²) in [6.45, 7) is 5.42. The zero-order chi connectivity index (χ0) is 39.0. The van der Waals surface area contributed by atoms with Crippen LogP contribution in [0.25, 0.3) is 21.8 Å². The van der Waals surface area contributed by atoms with Gasteiger partial charge in [-0.15, -0.1) is 0 Å². The molecule has 1 atom stereocenters. The molecular weight excluding hydrogens is 731 g/mol. The van der Waals surface area contributed by atoms with E-state index in [0.29, 0.717) is 69.3 Å². The van der Waals surface area contributed by atoms with E-state index in [1.54, 1.807) is 54.0 Å². The Morgan fingerprint density at radius 2 is 1.73 bits per heavy atom. The van der Waals surface area contributed by atoms with Crippen LogP contribution in [-0.2, 0) is 20.7 Å². The third kappa shape index (κ3) is 7.50. The number of methoxy groups -OCH3 is 2. The lowest BCUT2D eigenvalue weighted by atomic mass is 10.1. The Labute approximate surface area is 321 Å². The molecule has 1 N–H and O–H groups in total. The number of anilines is 1. The summed E-state index contributed by atoms with van der Waals surface area (Å²) in [6, 6.07) is 13.2. The molecule has 3 aromatic carbocycles. The van der Waals surface area contributed by atoms with Gasteiger partial charge in [-0.25, -0.2) is 9.18 Å². The lowest BCUT2D eigenvalue weighted by Gasteiger charge is -2.35. The summed E-state index contributed by atoms with van der Waals surface area (Å²) in [6.07, 6.45) is 3.21. The fraction of sp³-hybridized carbons (Fsp3) is 0.366. The average molecular weight is 773 g/mol. The number of aromatic nitrogens is 2. The molecule has 5 aromatic rings. The first-order valence-electron chi connectivity index (χ1n) is 18.2. The number of carbonyl (C=O) groups is 3. The van der Waals surface area contributed by atoms with E-state index in [1.165, 1.54) is 26.5 Å². The Kier molecular flexibility index (Phi) is 10.9. The molecule has 12 nitrogen and oxygen atoms in total. The molecule has 0 radical (unpaired) electrons. The van der Waals surface area contributed by atoms with Crippen molar-refractivity contribution < 1.29 is 37.7 Å². The van der Waals surface area contributed by atoms with Crippen molar-refractivity contribution in [2.75, 3.05) is 52.0 Å². The summed E-state index contributed by atoms with van der Waals surface area (Å²) in [7, 11) is 3.00. The number of hydrogen-bond acceptors (Lipinski definition) is 10. The first-order valence-corrected chi connectivity index (χ1v) is 18.6.